The summed E-state index contributed by atoms with van der Waals surface area (Å²) in [5, 5.41) is 5.77. The Labute approximate surface area is 129 Å². The molecule has 2 aromatic rings. The van der Waals surface area contributed by atoms with E-state index in [9.17, 15) is 9.59 Å². The number of hydrogen-bond donors (Lipinski definition) is 2. The molecule has 0 bridgehead atoms. The van der Waals surface area contributed by atoms with Crippen molar-refractivity contribution in [2.75, 3.05) is 0 Å². The van der Waals surface area contributed by atoms with Crippen LogP contribution in [0.1, 0.15) is 30.0 Å². The molecule has 0 saturated carbocycles. The molecule has 112 valence electrons. The van der Waals surface area contributed by atoms with Gasteiger partial charge in [0.1, 0.15) is 6.04 Å². The van der Waals surface area contributed by atoms with E-state index in [0.29, 0.717) is 12.8 Å². The van der Waals surface area contributed by atoms with Gasteiger partial charge in [0.25, 0.3) is 0 Å². The van der Waals surface area contributed by atoms with Gasteiger partial charge in [0.2, 0.25) is 11.8 Å². The smallest absolute Gasteiger partial charge is 0.243 e. The highest BCUT2D eigenvalue weighted by molar-refractivity contribution is 5.91. The van der Waals surface area contributed by atoms with Crippen molar-refractivity contribution in [3.8, 4) is 0 Å². The minimum absolute atomic E-state index is 0.0591. The Morgan fingerprint density at radius 1 is 1.00 bits per heavy atom. The zero-order valence-electron chi connectivity index (χ0n) is 12.2. The minimum Gasteiger partial charge on any atom is -0.344 e. The molecule has 1 heterocycles. The number of hydrogen-bond acceptors (Lipinski definition) is 2. The predicted molar refractivity (Wildman–Crippen MR) is 84.0 cm³/mol. The SMILES string of the molecule is O=C1CCC(C(=O)NC(c2ccccc2)c2ccccc2)N1. The fourth-order valence-electron chi connectivity index (χ4n) is 2.70. The molecule has 1 atom stereocenters. The second kappa shape index (κ2) is 6.43. The second-order valence-corrected chi connectivity index (χ2v) is 5.42. The van der Waals surface area contributed by atoms with E-state index in [2.05, 4.69) is 10.6 Å². The highest BCUT2D eigenvalue weighted by atomic mass is 16.2. The summed E-state index contributed by atoms with van der Waals surface area (Å²) >= 11 is 0. The predicted octanol–water partition coefficient (Wildman–Crippen LogP) is 2.17. The van der Waals surface area contributed by atoms with Crippen LogP contribution in [0.15, 0.2) is 60.7 Å². The Bertz CT molecular complexity index is 616. The lowest BCUT2D eigenvalue weighted by atomic mass is 9.98. The van der Waals surface area contributed by atoms with Crippen LogP contribution in [-0.4, -0.2) is 17.9 Å². The number of carbonyl (C=O) groups is 2. The molecule has 1 aliphatic heterocycles. The Balaban J connectivity index is 1.83. The molecular weight excluding hydrogens is 276 g/mol. The molecule has 3 rings (SSSR count). The third-order valence-corrected chi connectivity index (χ3v) is 3.86. The standard InChI is InChI=1S/C18H18N2O2/c21-16-12-11-15(19-16)18(22)20-17(13-7-3-1-4-8-13)14-9-5-2-6-10-14/h1-10,15,17H,11-12H2,(H,19,21)(H,20,22). The summed E-state index contributed by atoms with van der Waals surface area (Å²) in [6.07, 6.45) is 0.973. The monoisotopic (exact) mass is 294 g/mol. The van der Waals surface area contributed by atoms with Crippen LogP contribution in [0.3, 0.4) is 0 Å². The first-order valence-corrected chi connectivity index (χ1v) is 7.43. The zero-order valence-corrected chi connectivity index (χ0v) is 12.2. The van der Waals surface area contributed by atoms with Gasteiger partial charge >= 0.3 is 0 Å². The summed E-state index contributed by atoms with van der Waals surface area (Å²) in [4.78, 5) is 23.7. The van der Waals surface area contributed by atoms with Gasteiger partial charge in [-0.05, 0) is 17.5 Å². The van der Waals surface area contributed by atoms with E-state index in [4.69, 9.17) is 0 Å². The highest BCUT2D eigenvalue weighted by Gasteiger charge is 2.29. The van der Waals surface area contributed by atoms with E-state index in [0.717, 1.165) is 11.1 Å². The van der Waals surface area contributed by atoms with E-state index >= 15 is 0 Å². The van der Waals surface area contributed by atoms with Crippen LogP contribution in [0.5, 0.6) is 0 Å². The molecular formula is C18H18N2O2. The molecule has 0 radical (unpaired) electrons. The molecule has 1 fully saturated rings. The van der Waals surface area contributed by atoms with Crippen LogP contribution in [-0.2, 0) is 9.59 Å². The Hall–Kier alpha value is -2.62. The van der Waals surface area contributed by atoms with Crippen molar-refractivity contribution in [3.63, 3.8) is 0 Å². The van der Waals surface area contributed by atoms with Crippen molar-refractivity contribution in [3.05, 3.63) is 71.8 Å². The largest absolute Gasteiger partial charge is 0.344 e. The molecule has 2 aromatic carbocycles. The lowest BCUT2D eigenvalue weighted by Gasteiger charge is -2.22. The van der Waals surface area contributed by atoms with E-state index < -0.39 is 6.04 Å². The first-order chi connectivity index (χ1) is 10.7. The molecule has 22 heavy (non-hydrogen) atoms. The van der Waals surface area contributed by atoms with Crippen LogP contribution in [0, 0.1) is 0 Å². The second-order valence-electron chi connectivity index (χ2n) is 5.42. The quantitative estimate of drug-likeness (QED) is 0.908. The van der Waals surface area contributed by atoms with Gasteiger partial charge in [-0.15, -0.1) is 0 Å². The third kappa shape index (κ3) is 3.17. The van der Waals surface area contributed by atoms with Crippen molar-refractivity contribution in [1.29, 1.82) is 0 Å². The van der Waals surface area contributed by atoms with Gasteiger partial charge in [-0.2, -0.15) is 0 Å². The summed E-state index contributed by atoms with van der Waals surface area (Å²) in [6.45, 7) is 0. The first-order valence-electron chi connectivity index (χ1n) is 7.43. The maximum Gasteiger partial charge on any atom is 0.243 e. The molecule has 0 aromatic heterocycles. The lowest BCUT2D eigenvalue weighted by molar-refractivity contribution is -0.126. The maximum atomic E-state index is 12.4. The Morgan fingerprint density at radius 3 is 2.00 bits per heavy atom. The van der Waals surface area contributed by atoms with Crippen molar-refractivity contribution in [2.45, 2.75) is 24.9 Å². The van der Waals surface area contributed by atoms with Gasteiger partial charge in [0, 0.05) is 6.42 Å². The summed E-state index contributed by atoms with van der Waals surface area (Å²) in [7, 11) is 0. The minimum atomic E-state index is -0.428. The van der Waals surface area contributed by atoms with E-state index in [-0.39, 0.29) is 17.9 Å². The van der Waals surface area contributed by atoms with Gasteiger partial charge < -0.3 is 10.6 Å². The van der Waals surface area contributed by atoms with Crippen molar-refractivity contribution in [2.24, 2.45) is 0 Å². The molecule has 1 saturated heterocycles. The van der Waals surface area contributed by atoms with Crippen LogP contribution < -0.4 is 10.6 Å². The summed E-state index contributed by atoms with van der Waals surface area (Å²) in [5.74, 6) is -0.195. The van der Waals surface area contributed by atoms with Crippen molar-refractivity contribution >= 4 is 11.8 Å². The fraction of sp³-hybridized carbons (Fsp3) is 0.222. The molecule has 2 N–H and O–H groups in total. The summed E-state index contributed by atoms with van der Waals surface area (Å²) in [6, 6.07) is 19.0. The van der Waals surface area contributed by atoms with Crippen LogP contribution >= 0.6 is 0 Å². The Kier molecular flexibility index (Phi) is 4.19. The number of benzene rings is 2. The average molecular weight is 294 g/mol. The van der Waals surface area contributed by atoms with E-state index in [1.807, 2.05) is 60.7 Å². The molecule has 1 unspecified atom stereocenters. The van der Waals surface area contributed by atoms with E-state index in [1.54, 1.807) is 0 Å². The fourth-order valence-corrected chi connectivity index (χ4v) is 2.70. The highest BCUT2D eigenvalue weighted by Crippen LogP contribution is 2.22. The number of amides is 2. The van der Waals surface area contributed by atoms with Gasteiger partial charge in [-0.1, -0.05) is 60.7 Å². The van der Waals surface area contributed by atoms with Gasteiger partial charge in [-0.3, -0.25) is 9.59 Å². The number of carbonyl (C=O) groups excluding carboxylic acids is 2. The van der Waals surface area contributed by atoms with E-state index in [1.165, 1.54) is 0 Å². The molecule has 1 aliphatic rings. The van der Waals surface area contributed by atoms with Gasteiger partial charge in [-0.25, -0.2) is 0 Å². The molecule has 0 spiro atoms. The Morgan fingerprint density at radius 2 is 1.55 bits per heavy atom. The average Bonchev–Trinajstić information content (AvgIpc) is 3.01. The van der Waals surface area contributed by atoms with Gasteiger partial charge in [0.05, 0.1) is 6.04 Å². The summed E-state index contributed by atoms with van der Waals surface area (Å²) < 4.78 is 0. The third-order valence-electron chi connectivity index (χ3n) is 3.86. The summed E-state index contributed by atoms with van der Waals surface area (Å²) in [5.41, 5.74) is 2.04. The van der Waals surface area contributed by atoms with Crippen LogP contribution in [0.25, 0.3) is 0 Å². The maximum absolute atomic E-state index is 12.4. The van der Waals surface area contributed by atoms with Crippen molar-refractivity contribution < 1.29 is 9.59 Å². The van der Waals surface area contributed by atoms with Crippen LogP contribution in [0.4, 0.5) is 0 Å². The van der Waals surface area contributed by atoms with Crippen LogP contribution in [0.2, 0.25) is 0 Å². The normalized spacial score (nSPS) is 17.3. The van der Waals surface area contributed by atoms with Crippen molar-refractivity contribution in [1.82, 2.24) is 10.6 Å². The first kappa shape index (κ1) is 14.3. The topological polar surface area (TPSA) is 58.2 Å². The molecule has 4 nitrogen and oxygen atoms in total. The zero-order chi connectivity index (χ0) is 15.4. The number of nitrogens with one attached hydrogen (secondary N) is 2. The lowest BCUT2D eigenvalue weighted by Crippen LogP contribution is -2.43. The molecule has 4 heteroatoms. The molecule has 2 amide bonds. The number of rotatable bonds is 4. The molecule has 0 aliphatic carbocycles. The van der Waals surface area contributed by atoms with Gasteiger partial charge in [0.15, 0.2) is 0 Å².